The van der Waals surface area contributed by atoms with Gasteiger partial charge >= 0.3 is 0 Å². The lowest BCUT2D eigenvalue weighted by Crippen LogP contribution is -2.27. The molecule has 0 saturated heterocycles. The van der Waals surface area contributed by atoms with Crippen LogP contribution in [0.4, 0.5) is 0 Å². The van der Waals surface area contributed by atoms with Crippen LogP contribution >= 0.6 is 0 Å². The number of fused-ring (bicyclic) bond motifs is 1. The molecule has 1 aromatic carbocycles. The van der Waals surface area contributed by atoms with Crippen LogP contribution in [0.2, 0.25) is 0 Å². The van der Waals surface area contributed by atoms with Gasteiger partial charge in [-0.2, -0.15) is 0 Å². The largest absolute Gasteiger partial charge is 0.483 e. The van der Waals surface area contributed by atoms with Crippen molar-refractivity contribution in [3.05, 3.63) is 35.4 Å². The van der Waals surface area contributed by atoms with Crippen molar-refractivity contribution in [3.63, 3.8) is 0 Å². The van der Waals surface area contributed by atoms with E-state index in [0.29, 0.717) is 5.92 Å². The van der Waals surface area contributed by atoms with Crippen LogP contribution in [0.5, 0.6) is 5.75 Å². The van der Waals surface area contributed by atoms with E-state index in [9.17, 15) is 0 Å². The van der Waals surface area contributed by atoms with E-state index in [0.717, 1.165) is 18.8 Å². The van der Waals surface area contributed by atoms with Crippen molar-refractivity contribution < 1.29 is 4.74 Å². The Kier molecular flexibility index (Phi) is 3.76. The van der Waals surface area contributed by atoms with E-state index in [2.05, 4.69) is 63.4 Å². The average Bonchev–Trinajstić information content (AvgIpc) is 2.28. The summed E-state index contributed by atoms with van der Waals surface area (Å²) in [5, 5.41) is 3.46. The van der Waals surface area contributed by atoms with Crippen LogP contribution in [0.15, 0.2) is 24.3 Å². The van der Waals surface area contributed by atoms with E-state index in [1.54, 1.807) is 0 Å². The second-order valence-corrected chi connectivity index (χ2v) is 5.94. The van der Waals surface area contributed by atoms with Gasteiger partial charge in [-0.15, -0.1) is 0 Å². The van der Waals surface area contributed by atoms with Gasteiger partial charge in [0.2, 0.25) is 0 Å². The molecular weight excluding hydrogens is 222 g/mol. The molecule has 0 atom stereocenters. The van der Waals surface area contributed by atoms with Gasteiger partial charge in [0.05, 0.1) is 0 Å². The lowest BCUT2D eigenvalue weighted by Gasteiger charge is -2.28. The first-order valence-corrected chi connectivity index (χ1v) is 6.68. The summed E-state index contributed by atoms with van der Waals surface area (Å²) in [4.78, 5) is 0. The number of ether oxygens (including phenoxy) is 1. The van der Waals surface area contributed by atoms with Crippen molar-refractivity contribution in [2.45, 2.75) is 39.8 Å². The highest BCUT2D eigenvalue weighted by Crippen LogP contribution is 2.31. The molecule has 1 aliphatic heterocycles. The van der Waals surface area contributed by atoms with Crippen LogP contribution in [-0.4, -0.2) is 12.1 Å². The van der Waals surface area contributed by atoms with Crippen LogP contribution < -0.4 is 10.1 Å². The van der Waals surface area contributed by atoms with E-state index < -0.39 is 0 Å². The monoisotopic (exact) mass is 245 g/mol. The van der Waals surface area contributed by atoms with E-state index in [-0.39, 0.29) is 5.60 Å². The van der Waals surface area contributed by atoms with Crippen LogP contribution in [0, 0.1) is 5.92 Å². The minimum atomic E-state index is -0.190. The SMILES string of the molecule is CC(C)CNCc1ccc2c(c1)C=CC(C)(C)O2. The minimum absolute atomic E-state index is 0.190. The Balaban J connectivity index is 2.05. The van der Waals surface area contributed by atoms with Crippen LogP contribution in [0.3, 0.4) is 0 Å². The molecule has 1 heterocycles. The third-order valence-electron chi connectivity index (χ3n) is 2.99. The van der Waals surface area contributed by atoms with Crippen molar-refractivity contribution in [2.24, 2.45) is 5.92 Å². The number of nitrogens with one attached hydrogen (secondary N) is 1. The topological polar surface area (TPSA) is 21.3 Å². The molecule has 1 aromatic rings. The summed E-state index contributed by atoms with van der Waals surface area (Å²) >= 11 is 0. The Morgan fingerprint density at radius 2 is 2.06 bits per heavy atom. The van der Waals surface area contributed by atoms with Gasteiger partial charge in [-0.05, 0) is 50.1 Å². The second kappa shape index (κ2) is 5.15. The third kappa shape index (κ3) is 3.36. The predicted octanol–water partition coefficient (Wildman–Crippen LogP) is 3.62. The molecule has 0 aromatic heterocycles. The van der Waals surface area contributed by atoms with Gasteiger partial charge in [0.15, 0.2) is 0 Å². The second-order valence-electron chi connectivity index (χ2n) is 5.94. The van der Waals surface area contributed by atoms with Gasteiger partial charge in [-0.1, -0.05) is 26.0 Å². The van der Waals surface area contributed by atoms with Gasteiger partial charge in [0.25, 0.3) is 0 Å². The summed E-state index contributed by atoms with van der Waals surface area (Å²) in [7, 11) is 0. The standard InChI is InChI=1S/C16H23NO/c1-12(2)10-17-11-13-5-6-15-14(9-13)7-8-16(3,4)18-15/h5-9,12,17H,10-11H2,1-4H3. The highest BCUT2D eigenvalue weighted by molar-refractivity contribution is 5.61. The smallest absolute Gasteiger partial charge is 0.127 e. The molecule has 0 amide bonds. The summed E-state index contributed by atoms with van der Waals surface area (Å²) in [6, 6.07) is 6.42. The highest BCUT2D eigenvalue weighted by atomic mass is 16.5. The van der Waals surface area contributed by atoms with E-state index >= 15 is 0 Å². The molecule has 0 bridgehead atoms. The highest BCUT2D eigenvalue weighted by Gasteiger charge is 2.21. The van der Waals surface area contributed by atoms with Gasteiger partial charge in [-0.25, -0.2) is 0 Å². The molecule has 0 unspecified atom stereocenters. The van der Waals surface area contributed by atoms with Crippen LogP contribution in [0.1, 0.15) is 38.8 Å². The fourth-order valence-electron chi connectivity index (χ4n) is 2.04. The van der Waals surface area contributed by atoms with Crippen molar-refractivity contribution in [2.75, 3.05) is 6.54 Å². The molecule has 0 saturated carbocycles. The Hall–Kier alpha value is -1.28. The van der Waals surface area contributed by atoms with Crippen LogP contribution in [-0.2, 0) is 6.54 Å². The van der Waals surface area contributed by atoms with E-state index in [4.69, 9.17) is 4.74 Å². The lowest BCUT2D eigenvalue weighted by molar-refractivity contribution is 0.159. The molecule has 1 aliphatic rings. The molecule has 18 heavy (non-hydrogen) atoms. The molecular formula is C16H23NO. The quantitative estimate of drug-likeness (QED) is 0.875. The maximum absolute atomic E-state index is 5.91. The van der Waals surface area contributed by atoms with Gasteiger partial charge < -0.3 is 10.1 Å². The van der Waals surface area contributed by atoms with Crippen molar-refractivity contribution in [1.29, 1.82) is 0 Å². The molecule has 0 radical (unpaired) electrons. The fourth-order valence-corrected chi connectivity index (χ4v) is 2.04. The maximum Gasteiger partial charge on any atom is 0.127 e. The average molecular weight is 245 g/mol. The predicted molar refractivity (Wildman–Crippen MR) is 76.7 cm³/mol. The molecule has 1 N–H and O–H groups in total. The molecule has 98 valence electrons. The Labute approximate surface area is 110 Å². The number of rotatable bonds is 4. The Morgan fingerprint density at radius 1 is 1.28 bits per heavy atom. The Morgan fingerprint density at radius 3 is 2.78 bits per heavy atom. The number of hydrogen-bond acceptors (Lipinski definition) is 2. The normalized spacial score (nSPS) is 16.5. The number of hydrogen-bond donors (Lipinski definition) is 1. The first-order chi connectivity index (χ1) is 8.46. The molecule has 0 aliphatic carbocycles. The Bertz CT molecular complexity index is 446. The summed E-state index contributed by atoms with van der Waals surface area (Å²) in [5.74, 6) is 1.67. The van der Waals surface area contributed by atoms with Gasteiger partial charge in [0.1, 0.15) is 11.4 Å². The summed E-state index contributed by atoms with van der Waals surface area (Å²) in [6.45, 7) is 10.6. The van der Waals surface area contributed by atoms with E-state index in [1.807, 2.05) is 0 Å². The van der Waals surface area contributed by atoms with Crippen molar-refractivity contribution >= 4 is 6.08 Å². The van der Waals surface area contributed by atoms with Crippen molar-refractivity contribution in [3.8, 4) is 5.75 Å². The molecule has 2 rings (SSSR count). The van der Waals surface area contributed by atoms with Gasteiger partial charge in [-0.3, -0.25) is 0 Å². The molecule has 2 heteroatoms. The summed E-state index contributed by atoms with van der Waals surface area (Å²) in [5.41, 5.74) is 2.30. The maximum atomic E-state index is 5.91. The third-order valence-corrected chi connectivity index (χ3v) is 2.99. The zero-order valence-corrected chi connectivity index (χ0v) is 11.8. The zero-order valence-electron chi connectivity index (χ0n) is 11.8. The first kappa shape index (κ1) is 13.2. The number of benzene rings is 1. The minimum Gasteiger partial charge on any atom is -0.483 e. The molecule has 0 spiro atoms. The van der Waals surface area contributed by atoms with Gasteiger partial charge in [0, 0.05) is 12.1 Å². The van der Waals surface area contributed by atoms with E-state index in [1.165, 1.54) is 11.1 Å². The lowest BCUT2D eigenvalue weighted by atomic mass is 10.0. The first-order valence-electron chi connectivity index (χ1n) is 6.68. The van der Waals surface area contributed by atoms with Crippen molar-refractivity contribution in [1.82, 2.24) is 5.32 Å². The zero-order chi connectivity index (χ0) is 13.2. The fraction of sp³-hybridized carbons (Fsp3) is 0.500. The van der Waals surface area contributed by atoms with Crippen LogP contribution in [0.25, 0.3) is 6.08 Å². The molecule has 2 nitrogen and oxygen atoms in total. The molecule has 0 fully saturated rings. The summed E-state index contributed by atoms with van der Waals surface area (Å²) in [6.07, 6.45) is 4.27. The summed E-state index contributed by atoms with van der Waals surface area (Å²) < 4.78 is 5.91.